The van der Waals surface area contributed by atoms with Crippen molar-refractivity contribution >= 4 is 11.6 Å². The van der Waals surface area contributed by atoms with Crippen molar-refractivity contribution < 1.29 is 9.47 Å². The van der Waals surface area contributed by atoms with Gasteiger partial charge in [0.25, 0.3) is 0 Å². The zero-order valence-corrected chi connectivity index (χ0v) is 10.8. The molecule has 3 nitrogen and oxygen atoms in total. The molecule has 1 saturated carbocycles. The van der Waals surface area contributed by atoms with E-state index in [9.17, 15) is 0 Å². The maximum atomic E-state index is 5.87. The quantitative estimate of drug-likeness (QED) is 0.600. The van der Waals surface area contributed by atoms with Crippen molar-refractivity contribution in [1.29, 1.82) is 0 Å². The number of nitrogens with one attached hydrogen (secondary N) is 1. The van der Waals surface area contributed by atoms with Gasteiger partial charge >= 0.3 is 0 Å². The highest BCUT2D eigenvalue weighted by Crippen LogP contribution is 2.36. The molecule has 1 fully saturated rings. The van der Waals surface area contributed by atoms with Crippen LogP contribution in [-0.2, 0) is 0 Å². The van der Waals surface area contributed by atoms with E-state index >= 15 is 0 Å². The highest BCUT2D eigenvalue weighted by molar-refractivity contribution is 6.18. The molecular weight excluding hydrogens is 238 g/mol. The van der Waals surface area contributed by atoms with Crippen LogP contribution in [0.5, 0.6) is 11.5 Å². The normalized spacial score (nSPS) is 16.6. The first kappa shape index (κ1) is 12.5. The first-order valence-corrected chi connectivity index (χ1v) is 6.39. The van der Waals surface area contributed by atoms with E-state index < -0.39 is 0 Å². The smallest absolute Gasteiger partial charge is 0.119 e. The SMILES string of the molecule is COc1ccc(OCCNC2(CCl)CC2)cc1. The van der Waals surface area contributed by atoms with E-state index in [0.29, 0.717) is 12.5 Å². The number of halogens is 1. The van der Waals surface area contributed by atoms with E-state index in [0.717, 1.165) is 18.0 Å². The van der Waals surface area contributed by atoms with Gasteiger partial charge in [-0.05, 0) is 37.1 Å². The molecule has 1 N–H and O–H groups in total. The zero-order chi connectivity index (χ0) is 12.1. The zero-order valence-electron chi connectivity index (χ0n) is 10.0. The summed E-state index contributed by atoms with van der Waals surface area (Å²) < 4.78 is 10.7. The highest BCUT2D eigenvalue weighted by atomic mass is 35.5. The van der Waals surface area contributed by atoms with Crippen LogP contribution < -0.4 is 14.8 Å². The Morgan fingerprint density at radius 1 is 1.24 bits per heavy atom. The fourth-order valence-corrected chi connectivity index (χ4v) is 2.03. The van der Waals surface area contributed by atoms with Gasteiger partial charge in [-0.25, -0.2) is 0 Å². The Balaban J connectivity index is 1.67. The number of rotatable bonds is 7. The van der Waals surface area contributed by atoms with Gasteiger partial charge in [-0.3, -0.25) is 0 Å². The van der Waals surface area contributed by atoms with Crippen molar-refractivity contribution in [3.8, 4) is 11.5 Å². The average Bonchev–Trinajstić information content (AvgIpc) is 3.16. The van der Waals surface area contributed by atoms with E-state index in [2.05, 4.69) is 5.32 Å². The molecule has 0 amide bonds. The van der Waals surface area contributed by atoms with Crippen LogP contribution in [0.2, 0.25) is 0 Å². The summed E-state index contributed by atoms with van der Waals surface area (Å²) in [5.74, 6) is 2.40. The second kappa shape index (κ2) is 5.61. The third-order valence-corrected chi connectivity index (χ3v) is 3.55. The average molecular weight is 256 g/mol. The minimum Gasteiger partial charge on any atom is -0.497 e. The molecule has 4 heteroatoms. The van der Waals surface area contributed by atoms with E-state index in [-0.39, 0.29) is 5.54 Å². The van der Waals surface area contributed by atoms with Gasteiger partial charge in [-0.2, -0.15) is 0 Å². The Labute approximate surface area is 107 Å². The van der Waals surface area contributed by atoms with Crippen molar-refractivity contribution in [2.75, 3.05) is 26.1 Å². The highest BCUT2D eigenvalue weighted by Gasteiger charge is 2.40. The van der Waals surface area contributed by atoms with Crippen LogP contribution in [0.4, 0.5) is 0 Å². The molecule has 0 saturated heterocycles. The van der Waals surface area contributed by atoms with E-state index in [1.807, 2.05) is 24.3 Å². The molecule has 0 radical (unpaired) electrons. The van der Waals surface area contributed by atoms with Gasteiger partial charge in [-0.1, -0.05) is 0 Å². The van der Waals surface area contributed by atoms with Crippen LogP contribution in [-0.4, -0.2) is 31.7 Å². The van der Waals surface area contributed by atoms with Gasteiger partial charge in [0, 0.05) is 18.0 Å². The van der Waals surface area contributed by atoms with E-state index in [4.69, 9.17) is 21.1 Å². The van der Waals surface area contributed by atoms with Gasteiger partial charge in [-0.15, -0.1) is 11.6 Å². The number of hydrogen-bond acceptors (Lipinski definition) is 3. The molecule has 1 aliphatic carbocycles. The topological polar surface area (TPSA) is 30.5 Å². The fourth-order valence-electron chi connectivity index (χ4n) is 1.67. The van der Waals surface area contributed by atoms with Crippen LogP contribution in [0.15, 0.2) is 24.3 Å². The minimum absolute atomic E-state index is 0.199. The van der Waals surface area contributed by atoms with Crippen molar-refractivity contribution in [2.24, 2.45) is 0 Å². The van der Waals surface area contributed by atoms with Crippen molar-refractivity contribution in [3.63, 3.8) is 0 Å². The third kappa shape index (κ3) is 3.51. The van der Waals surface area contributed by atoms with Crippen molar-refractivity contribution in [3.05, 3.63) is 24.3 Å². The van der Waals surface area contributed by atoms with E-state index in [1.54, 1.807) is 7.11 Å². The molecular formula is C13H18ClNO2. The number of hydrogen-bond donors (Lipinski definition) is 1. The molecule has 0 aromatic heterocycles. The number of ether oxygens (including phenoxy) is 2. The molecule has 0 atom stereocenters. The number of alkyl halides is 1. The fraction of sp³-hybridized carbons (Fsp3) is 0.538. The maximum absolute atomic E-state index is 5.87. The summed E-state index contributed by atoms with van der Waals surface area (Å²) in [7, 11) is 1.65. The first-order valence-electron chi connectivity index (χ1n) is 5.86. The Morgan fingerprint density at radius 3 is 2.41 bits per heavy atom. The summed E-state index contributed by atoms with van der Waals surface area (Å²) in [5.41, 5.74) is 0.199. The lowest BCUT2D eigenvalue weighted by atomic mass is 10.3. The molecule has 0 heterocycles. The predicted molar refractivity (Wildman–Crippen MR) is 69.2 cm³/mol. The summed E-state index contributed by atoms with van der Waals surface area (Å²) in [5, 5.41) is 3.43. The molecule has 0 spiro atoms. The number of methoxy groups -OCH3 is 1. The van der Waals surface area contributed by atoms with Gasteiger partial charge < -0.3 is 14.8 Å². The van der Waals surface area contributed by atoms with Gasteiger partial charge in [0.05, 0.1) is 7.11 Å². The molecule has 94 valence electrons. The van der Waals surface area contributed by atoms with Crippen LogP contribution >= 0.6 is 11.6 Å². The second-order valence-corrected chi connectivity index (χ2v) is 4.63. The van der Waals surface area contributed by atoms with Gasteiger partial charge in [0.1, 0.15) is 18.1 Å². The largest absolute Gasteiger partial charge is 0.497 e. The summed E-state index contributed by atoms with van der Waals surface area (Å²) >= 11 is 5.87. The van der Waals surface area contributed by atoms with Gasteiger partial charge in [0.15, 0.2) is 0 Å². The van der Waals surface area contributed by atoms with Gasteiger partial charge in [0.2, 0.25) is 0 Å². The lowest BCUT2D eigenvalue weighted by Crippen LogP contribution is -2.35. The molecule has 0 unspecified atom stereocenters. The first-order chi connectivity index (χ1) is 8.28. The second-order valence-electron chi connectivity index (χ2n) is 4.36. The summed E-state index contributed by atoms with van der Waals surface area (Å²) in [6.45, 7) is 1.49. The molecule has 1 aromatic carbocycles. The minimum atomic E-state index is 0.199. The lowest BCUT2D eigenvalue weighted by molar-refractivity contribution is 0.304. The lowest BCUT2D eigenvalue weighted by Gasteiger charge is -2.14. The van der Waals surface area contributed by atoms with Crippen LogP contribution in [0.1, 0.15) is 12.8 Å². The Morgan fingerprint density at radius 2 is 1.88 bits per heavy atom. The monoisotopic (exact) mass is 255 g/mol. The summed E-state index contributed by atoms with van der Waals surface area (Å²) in [6.07, 6.45) is 2.36. The molecule has 2 rings (SSSR count). The molecule has 0 aliphatic heterocycles. The summed E-state index contributed by atoms with van der Waals surface area (Å²) in [4.78, 5) is 0. The van der Waals surface area contributed by atoms with Crippen molar-refractivity contribution in [1.82, 2.24) is 5.32 Å². The third-order valence-electron chi connectivity index (χ3n) is 3.04. The molecule has 1 aliphatic rings. The van der Waals surface area contributed by atoms with Crippen LogP contribution in [0.25, 0.3) is 0 Å². The standard InChI is InChI=1S/C13H18ClNO2/c1-16-11-2-4-12(5-3-11)17-9-8-15-13(10-14)6-7-13/h2-5,15H,6-10H2,1H3. The number of benzene rings is 1. The van der Waals surface area contributed by atoms with Crippen LogP contribution in [0.3, 0.4) is 0 Å². The van der Waals surface area contributed by atoms with E-state index in [1.165, 1.54) is 12.8 Å². The molecule has 0 bridgehead atoms. The van der Waals surface area contributed by atoms with Crippen molar-refractivity contribution in [2.45, 2.75) is 18.4 Å². The Bertz CT molecular complexity index is 349. The maximum Gasteiger partial charge on any atom is 0.119 e. The predicted octanol–water partition coefficient (Wildman–Crippen LogP) is 2.44. The Kier molecular flexibility index (Phi) is 4.13. The molecule has 1 aromatic rings. The Hall–Kier alpha value is -0.930. The summed E-state index contributed by atoms with van der Waals surface area (Å²) in [6, 6.07) is 7.61. The molecule has 17 heavy (non-hydrogen) atoms. The van der Waals surface area contributed by atoms with Crippen LogP contribution in [0, 0.1) is 0 Å².